The highest BCUT2D eigenvalue weighted by Crippen LogP contribution is 2.33. The fraction of sp³-hybridized carbons (Fsp3) is 0.312. The summed E-state index contributed by atoms with van der Waals surface area (Å²) < 4.78 is 20.5. The van der Waals surface area contributed by atoms with Gasteiger partial charge in [-0.25, -0.2) is 9.78 Å². The van der Waals surface area contributed by atoms with Crippen LogP contribution in [0.4, 0.5) is 0 Å². The average molecular weight is 316 g/mol. The third-order valence-corrected chi connectivity index (χ3v) is 3.05. The van der Waals surface area contributed by atoms with Crippen molar-refractivity contribution < 1.29 is 23.7 Å². The van der Waals surface area contributed by atoms with Crippen LogP contribution in [-0.4, -0.2) is 38.4 Å². The Labute approximate surface area is 133 Å². The Balaban J connectivity index is 2.42. The van der Waals surface area contributed by atoms with Crippen LogP contribution in [0.1, 0.15) is 12.5 Å². The summed E-state index contributed by atoms with van der Waals surface area (Å²) in [5.41, 5.74) is 0.857. The highest BCUT2D eigenvalue weighted by molar-refractivity contribution is 5.88. The SMILES string of the molecule is CCOC(=O)COc1cc(C#N)c2cc(OC)c(OC)cc2n1. The molecule has 7 heteroatoms. The molecule has 0 radical (unpaired) electrons. The van der Waals surface area contributed by atoms with Crippen LogP contribution in [0.5, 0.6) is 17.4 Å². The van der Waals surface area contributed by atoms with Gasteiger partial charge in [-0.2, -0.15) is 5.26 Å². The Bertz CT molecular complexity index is 767. The topological polar surface area (TPSA) is 90.7 Å². The number of fused-ring (bicyclic) bond motifs is 1. The highest BCUT2D eigenvalue weighted by atomic mass is 16.6. The lowest BCUT2D eigenvalue weighted by atomic mass is 10.1. The van der Waals surface area contributed by atoms with E-state index in [1.165, 1.54) is 20.3 Å². The Morgan fingerprint density at radius 3 is 2.52 bits per heavy atom. The van der Waals surface area contributed by atoms with Gasteiger partial charge in [0.15, 0.2) is 18.1 Å². The van der Waals surface area contributed by atoms with E-state index in [-0.39, 0.29) is 19.1 Å². The molecule has 0 N–H and O–H groups in total. The van der Waals surface area contributed by atoms with Gasteiger partial charge in [0.1, 0.15) is 6.07 Å². The summed E-state index contributed by atoms with van der Waals surface area (Å²) in [7, 11) is 3.02. The van der Waals surface area contributed by atoms with E-state index in [4.69, 9.17) is 18.9 Å². The second kappa shape index (κ2) is 7.31. The summed E-state index contributed by atoms with van der Waals surface area (Å²) >= 11 is 0. The number of nitrogens with zero attached hydrogens (tertiary/aromatic N) is 2. The first-order chi connectivity index (χ1) is 11.1. The van der Waals surface area contributed by atoms with Crippen molar-refractivity contribution in [2.75, 3.05) is 27.4 Å². The molecule has 0 bridgehead atoms. The lowest BCUT2D eigenvalue weighted by Gasteiger charge is -2.11. The van der Waals surface area contributed by atoms with Gasteiger partial charge in [0.05, 0.1) is 31.9 Å². The van der Waals surface area contributed by atoms with Crippen molar-refractivity contribution in [1.82, 2.24) is 4.98 Å². The summed E-state index contributed by atoms with van der Waals surface area (Å²) in [6.07, 6.45) is 0. The summed E-state index contributed by atoms with van der Waals surface area (Å²) in [6, 6.07) is 6.87. The lowest BCUT2D eigenvalue weighted by molar-refractivity contribution is -0.145. The predicted octanol–water partition coefficient (Wildman–Crippen LogP) is 2.07. The minimum Gasteiger partial charge on any atom is -0.493 e. The van der Waals surface area contributed by atoms with Gasteiger partial charge in [-0.1, -0.05) is 0 Å². The van der Waals surface area contributed by atoms with Crippen molar-refractivity contribution in [3.05, 3.63) is 23.8 Å². The van der Waals surface area contributed by atoms with E-state index in [9.17, 15) is 10.1 Å². The quantitative estimate of drug-likeness (QED) is 0.753. The van der Waals surface area contributed by atoms with Crippen LogP contribution in [0.25, 0.3) is 10.9 Å². The molecule has 1 aromatic heterocycles. The standard InChI is InChI=1S/C16H16N2O5/c1-4-22-16(19)9-23-15-5-10(8-17)11-6-13(20-2)14(21-3)7-12(11)18-15/h5-7H,4,9H2,1-3H3. The summed E-state index contributed by atoms with van der Waals surface area (Å²) in [5, 5.41) is 9.92. The van der Waals surface area contributed by atoms with Gasteiger partial charge in [-0.15, -0.1) is 0 Å². The molecule has 23 heavy (non-hydrogen) atoms. The van der Waals surface area contributed by atoms with Gasteiger partial charge < -0.3 is 18.9 Å². The molecule has 120 valence electrons. The summed E-state index contributed by atoms with van der Waals surface area (Å²) in [6.45, 7) is 1.71. The highest BCUT2D eigenvalue weighted by Gasteiger charge is 2.13. The minimum atomic E-state index is -0.500. The molecule has 0 aliphatic carbocycles. The number of esters is 1. The first-order valence-electron chi connectivity index (χ1n) is 6.88. The van der Waals surface area contributed by atoms with Crippen LogP contribution in [-0.2, 0) is 9.53 Å². The Hall–Kier alpha value is -3.01. The number of carbonyl (C=O) groups is 1. The second-order valence-electron chi connectivity index (χ2n) is 4.44. The molecule has 0 saturated carbocycles. The van der Waals surface area contributed by atoms with Crippen LogP contribution in [0, 0.1) is 11.3 Å². The molecular weight excluding hydrogens is 300 g/mol. The first kappa shape index (κ1) is 16.4. The number of hydrogen-bond donors (Lipinski definition) is 0. The largest absolute Gasteiger partial charge is 0.493 e. The Morgan fingerprint density at radius 2 is 1.91 bits per heavy atom. The van der Waals surface area contributed by atoms with Crippen molar-refractivity contribution >= 4 is 16.9 Å². The number of pyridine rings is 1. The lowest BCUT2D eigenvalue weighted by Crippen LogP contribution is -2.15. The van der Waals surface area contributed by atoms with Gasteiger partial charge in [0.25, 0.3) is 0 Å². The number of methoxy groups -OCH3 is 2. The molecule has 1 aromatic carbocycles. The van der Waals surface area contributed by atoms with E-state index in [0.717, 1.165) is 0 Å². The first-order valence-corrected chi connectivity index (χ1v) is 6.88. The zero-order chi connectivity index (χ0) is 16.8. The average Bonchev–Trinajstić information content (AvgIpc) is 2.58. The fourth-order valence-electron chi connectivity index (χ4n) is 2.03. The third-order valence-electron chi connectivity index (χ3n) is 3.05. The van der Waals surface area contributed by atoms with Gasteiger partial charge in [-0.3, -0.25) is 0 Å². The molecule has 0 fully saturated rings. The maximum atomic E-state index is 11.3. The minimum absolute atomic E-state index is 0.161. The van der Waals surface area contributed by atoms with E-state index in [1.54, 1.807) is 19.1 Å². The molecule has 0 amide bonds. The van der Waals surface area contributed by atoms with E-state index >= 15 is 0 Å². The van der Waals surface area contributed by atoms with Gasteiger partial charge >= 0.3 is 5.97 Å². The van der Waals surface area contributed by atoms with Gasteiger partial charge in [-0.05, 0) is 13.0 Å². The third kappa shape index (κ3) is 3.61. The van der Waals surface area contributed by atoms with Crippen molar-refractivity contribution in [1.29, 1.82) is 5.26 Å². The van der Waals surface area contributed by atoms with Crippen molar-refractivity contribution in [3.8, 4) is 23.4 Å². The second-order valence-corrected chi connectivity index (χ2v) is 4.44. The Kier molecular flexibility index (Phi) is 5.20. The van der Waals surface area contributed by atoms with Crippen LogP contribution >= 0.6 is 0 Å². The van der Waals surface area contributed by atoms with E-state index in [2.05, 4.69) is 11.1 Å². The van der Waals surface area contributed by atoms with Crippen molar-refractivity contribution in [2.45, 2.75) is 6.92 Å². The maximum Gasteiger partial charge on any atom is 0.344 e. The number of nitriles is 1. The Morgan fingerprint density at radius 1 is 1.22 bits per heavy atom. The number of aromatic nitrogens is 1. The number of rotatable bonds is 6. The predicted molar refractivity (Wildman–Crippen MR) is 81.7 cm³/mol. The van der Waals surface area contributed by atoms with E-state index in [0.29, 0.717) is 28.0 Å². The van der Waals surface area contributed by atoms with Gasteiger partial charge in [0.2, 0.25) is 5.88 Å². The van der Waals surface area contributed by atoms with Crippen LogP contribution < -0.4 is 14.2 Å². The molecule has 2 rings (SSSR count). The number of benzene rings is 1. The smallest absolute Gasteiger partial charge is 0.344 e. The molecule has 0 atom stereocenters. The monoisotopic (exact) mass is 316 g/mol. The molecule has 7 nitrogen and oxygen atoms in total. The molecule has 0 aliphatic heterocycles. The van der Waals surface area contributed by atoms with Crippen LogP contribution in [0.2, 0.25) is 0 Å². The zero-order valence-electron chi connectivity index (χ0n) is 13.1. The molecule has 0 spiro atoms. The van der Waals surface area contributed by atoms with Crippen LogP contribution in [0.3, 0.4) is 0 Å². The fourth-order valence-corrected chi connectivity index (χ4v) is 2.03. The molecule has 1 heterocycles. The maximum absolute atomic E-state index is 11.3. The zero-order valence-corrected chi connectivity index (χ0v) is 13.1. The number of carbonyl (C=O) groups excluding carboxylic acids is 1. The normalized spacial score (nSPS) is 10.0. The number of hydrogen-bond acceptors (Lipinski definition) is 7. The van der Waals surface area contributed by atoms with E-state index in [1.807, 2.05) is 0 Å². The number of ether oxygens (including phenoxy) is 4. The molecular formula is C16H16N2O5. The molecule has 0 unspecified atom stereocenters. The van der Waals surface area contributed by atoms with Gasteiger partial charge in [0, 0.05) is 17.5 Å². The van der Waals surface area contributed by atoms with Crippen LogP contribution in [0.15, 0.2) is 18.2 Å². The molecule has 0 saturated heterocycles. The summed E-state index contributed by atoms with van der Waals surface area (Å²) in [5.74, 6) is 0.645. The molecule has 2 aromatic rings. The van der Waals surface area contributed by atoms with Crippen molar-refractivity contribution in [2.24, 2.45) is 0 Å². The van der Waals surface area contributed by atoms with E-state index < -0.39 is 5.97 Å². The molecule has 0 aliphatic rings. The summed E-state index contributed by atoms with van der Waals surface area (Å²) in [4.78, 5) is 15.6. The van der Waals surface area contributed by atoms with Crippen molar-refractivity contribution in [3.63, 3.8) is 0 Å².